The molecule has 56 valence electrons. The van der Waals surface area contributed by atoms with Gasteiger partial charge >= 0.3 is 5.97 Å². The number of hydrogen-bond donors (Lipinski definition) is 2. The van der Waals surface area contributed by atoms with E-state index in [4.69, 9.17) is 5.11 Å². The second-order valence-corrected chi connectivity index (χ2v) is 2.37. The fourth-order valence-electron chi connectivity index (χ4n) is 0.997. The summed E-state index contributed by atoms with van der Waals surface area (Å²) in [5.41, 5.74) is 0.860. The monoisotopic (exact) mass is 141 g/mol. The van der Waals surface area contributed by atoms with Gasteiger partial charge in [0.15, 0.2) is 0 Å². The summed E-state index contributed by atoms with van der Waals surface area (Å²) < 4.78 is 0. The molecule has 0 fully saturated rings. The van der Waals surface area contributed by atoms with E-state index in [9.17, 15) is 4.79 Å². The van der Waals surface area contributed by atoms with E-state index in [0.29, 0.717) is 0 Å². The minimum atomic E-state index is -0.763. The molecule has 10 heavy (non-hydrogen) atoms. The number of nitrogens with one attached hydrogen (secondary N) is 1. The van der Waals surface area contributed by atoms with Crippen LogP contribution in [0.1, 0.15) is 19.3 Å². The summed E-state index contributed by atoms with van der Waals surface area (Å²) in [6, 6.07) is 0. The zero-order chi connectivity index (χ0) is 7.40. The fourth-order valence-corrected chi connectivity index (χ4v) is 0.997. The smallest absolute Gasteiger partial charge is 0.309 e. The lowest BCUT2D eigenvalue weighted by Crippen LogP contribution is -2.20. The van der Waals surface area contributed by atoms with Crippen LogP contribution < -0.4 is 5.32 Å². The third-order valence-electron chi connectivity index (χ3n) is 1.47. The van der Waals surface area contributed by atoms with Crippen LogP contribution in [0.2, 0.25) is 0 Å². The quantitative estimate of drug-likeness (QED) is 0.596. The molecule has 0 saturated carbocycles. The lowest BCUT2D eigenvalue weighted by molar-refractivity contribution is -0.136. The Morgan fingerprint density at radius 2 is 2.60 bits per heavy atom. The van der Waals surface area contributed by atoms with Crippen molar-refractivity contribution in [2.24, 2.45) is 0 Å². The Balaban J connectivity index is 2.38. The second-order valence-electron chi connectivity index (χ2n) is 2.37. The topological polar surface area (TPSA) is 49.3 Å². The molecule has 3 nitrogen and oxygen atoms in total. The molecule has 1 rings (SSSR count). The Hall–Kier alpha value is -0.990. The van der Waals surface area contributed by atoms with E-state index in [1.54, 1.807) is 0 Å². The summed E-state index contributed by atoms with van der Waals surface area (Å²) in [5, 5.41) is 11.4. The maximum absolute atomic E-state index is 10.2. The number of carboxylic acid groups (broad SMARTS) is 1. The average Bonchev–Trinajstić information content (AvgIpc) is 1.88. The summed E-state index contributed by atoms with van der Waals surface area (Å²) >= 11 is 0. The minimum absolute atomic E-state index is 0.139. The summed E-state index contributed by atoms with van der Waals surface area (Å²) in [5.74, 6) is -0.763. The van der Waals surface area contributed by atoms with E-state index in [0.717, 1.165) is 25.1 Å². The predicted molar refractivity (Wildman–Crippen MR) is 37.6 cm³/mol. The molecule has 0 bridgehead atoms. The molecule has 0 aromatic carbocycles. The second kappa shape index (κ2) is 3.25. The van der Waals surface area contributed by atoms with Gasteiger partial charge in [-0.15, -0.1) is 0 Å². The van der Waals surface area contributed by atoms with Gasteiger partial charge in [0, 0.05) is 12.2 Å². The highest BCUT2D eigenvalue weighted by molar-refractivity contribution is 5.69. The zero-order valence-electron chi connectivity index (χ0n) is 5.76. The highest BCUT2D eigenvalue weighted by Gasteiger charge is 2.05. The van der Waals surface area contributed by atoms with Gasteiger partial charge in [-0.3, -0.25) is 4.79 Å². The molecule has 2 N–H and O–H groups in total. The van der Waals surface area contributed by atoms with Crippen molar-refractivity contribution >= 4 is 5.97 Å². The highest BCUT2D eigenvalue weighted by atomic mass is 16.4. The molecular formula is C7H11NO2. The Morgan fingerprint density at radius 3 is 3.10 bits per heavy atom. The Morgan fingerprint density at radius 1 is 1.80 bits per heavy atom. The van der Waals surface area contributed by atoms with E-state index < -0.39 is 5.97 Å². The van der Waals surface area contributed by atoms with Crippen molar-refractivity contribution in [1.82, 2.24) is 5.32 Å². The zero-order valence-corrected chi connectivity index (χ0v) is 5.76. The van der Waals surface area contributed by atoms with Crippen LogP contribution in [-0.4, -0.2) is 17.6 Å². The Labute approximate surface area is 59.7 Å². The lowest BCUT2D eigenvalue weighted by Gasteiger charge is -2.12. The third-order valence-corrected chi connectivity index (χ3v) is 1.47. The highest BCUT2D eigenvalue weighted by Crippen LogP contribution is 2.05. The molecular weight excluding hydrogens is 130 g/mol. The van der Waals surface area contributed by atoms with Gasteiger partial charge in [0.25, 0.3) is 0 Å². The van der Waals surface area contributed by atoms with Gasteiger partial charge in [-0.1, -0.05) is 6.08 Å². The molecule has 0 radical (unpaired) electrons. The molecule has 0 spiro atoms. The van der Waals surface area contributed by atoms with Crippen molar-refractivity contribution in [3.63, 3.8) is 0 Å². The van der Waals surface area contributed by atoms with Crippen LogP contribution in [0, 0.1) is 0 Å². The molecule has 0 aliphatic carbocycles. The lowest BCUT2D eigenvalue weighted by atomic mass is 10.1. The van der Waals surface area contributed by atoms with E-state index in [-0.39, 0.29) is 6.42 Å². The number of carboxylic acids is 1. The number of carbonyl (C=O) groups is 1. The van der Waals surface area contributed by atoms with Crippen LogP contribution in [0.15, 0.2) is 11.8 Å². The van der Waals surface area contributed by atoms with Crippen molar-refractivity contribution in [1.29, 1.82) is 0 Å². The first-order valence-corrected chi connectivity index (χ1v) is 3.44. The Bertz CT molecular complexity index is 163. The molecule has 0 unspecified atom stereocenters. The molecule has 0 saturated heterocycles. The van der Waals surface area contributed by atoms with Crippen LogP contribution in [-0.2, 0) is 4.79 Å². The Kier molecular flexibility index (Phi) is 2.31. The van der Waals surface area contributed by atoms with Gasteiger partial charge in [0.2, 0.25) is 0 Å². The standard InChI is InChI=1S/C7H11NO2/c9-7(10)5-6-3-1-2-4-8-6/h3,8H,1-2,4-5H2,(H,9,10). The number of allylic oxidation sites excluding steroid dienone is 1. The third kappa shape index (κ3) is 2.09. The average molecular weight is 141 g/mol. The van der Waals surface area contributed by atoms with Crippen molar-refractivity contribution in [2.45, 2.75) is 19.3 Å². The summed E-state index contributed by atoms with van der Waals surface area (Å²) in [4.78, 5) is 10.2. The number of rotatable bonds is 2. The minimum Gasteiger partial charge on any atom is -0.481 e. The molecule has 1 aliphatic heterocycles. The SMILES string of the molecule is O=C(O)CC1=CCCCN1. The molecule has 0 amide bonds. The maximum atomic E-state index is 10.2. The summed E-state index contributed by atoms with van der Waals surface area (Å²) in [7, 11) is 0. The van der Waals surface area contributed by atoms with Gasteiger partial charge in [-0.2, -0.15) is 0 Å². The van der Waals surface area contributed by atoms with Crippen LogP contribution >= 0.6 is 0 Å². The van der Waals surface area contributed by atoms with Gasteiger partial charge in [-0.05, 0) is 12.8 Å². The first-order valence-electron chi connectivity index (χ1n) is 3.44. The maximum Gasteiger partial charge on any atom is 0.309 e. The molecule has 1 heterocycles. The number of hydrogen-bond acceptors (Lipinski definition) is 2. The molecule has 0 aromatic rings. The van der Waals surface area contributed by atoms with Crippen LogP contribution in [0.25, 0.3) is 0 Å². The molecule has 0 atom stereocenters. The van der Waals surface area contributed by atoms with E-state index in [2.05, 4.69) is 5.32 Å². The molecule has 1 aliphatic rings. The van der Waals surface area contributed by atoms with E-state index in [1.165, 1.54) is 0 Å². The molecule has 3 heteroatoms. The van der Waals surface area contributed by atoms with Gasteiger partial charge in [0.1, 0.15) is 0 Å². The van der Waals surface area contributed by atoms with E-state index in [1.807, 2.05) is 6.08 Å². The van der Waals surface area contributed by atoms with Gasteiger partial charge < -0.3 is 10.4 Å². The van der Waals surface area contributed by atoms with Crippen LogP contribution in [0.4, 0.5) is 0 Å². The fraction of sp³-hybridized carbons (Fsp3) is 0.571. The van der Waals surface area contributed by atoms with Crippen molar-refractivity contribution in [2.75, 3.05) is 6.54 Å². The first-order chi connectivity index (χ1) is 4.79. The summed E-state index contributed by atoms with van der Waals surface area (Å²) in [6.07, 6.45) is 4.22. The van der Waals surface area contributed by atoms with Gasteiger partial charge in [-0.25, -0.2) is 0 Å². The van der Waals surface area contributed by atoms with E-state index >= 15 is 0 Å². The molecule has 0 aromatic heterocycles. The van der Waals surface area contributed by atoms with Crippen LogP contribution in [0.3, 0.4) is 0 Å². The van der Waals surface area contributed by atoms with Crippen LogP contribution in [0.5, 0.6) is 0 Å². The largest absolute Gasteiger partial charge is 0.481 e. The van der Waals surface area contributed by atoms with Gasteiger partial charge in [0.05, 0.1) is 6.42 Å². The van der Waals surface area contributed by atoms with Crippen molar-refractivity contribution in [3.05, 3.63) is 11.8 Å². The van der Waals surface area contributed by atoms with Crippen molar-refractivity contribution in [3.8, 4) is 0 Å². The first kappa shape index (κ1) is 7.12. The number of aliphatic carboxylic acids is 1. The normalized spacial score (nSPS) is 17.4. The summed E-state index contributed by atoms with van der Waals surface area (Å²) in [6.45, 7) is 0.916. The van der Waals surface area contributed by atoms with Crippen molar-refractivity contribution < 1.29 is 9.90 Å². The predicted octanol–water partition coefficient (Wildman–Crippen LogP) is 0.728.